The molecule has 6 nitrogen and oxygen atoms in total. The van der Waals surface area contributed by atoms with E-state index in [9.17, 15) is 9.59 Å². The Morgan fingerprint density at radius 3 is 2.64 bits per heavy atom. The van der Waals surface area contributed by atoms with E-state index in [2.05, 4.69) is 28.4 Å². The van der Waals surface area contributed by atoms with E-state index in [0.29, 0.717) is 6.54 Å². The van der Waals surface area contributed by atoms with Crippen LogP contribution >= 0.6 is 0 Å². The van der Waals surface area contributed by atoms with Crippen LogP contribution in [0.1, 0.15) is 22.7 Å². The van der Waals surface area contributed by atoms with Gasteiger partial charge in [0.05, 0.1) is 13.7 Å². The fourth-order valence-corrected chi connectivity index (χ4v) is 3.27. The van der Waals surface area contributed by atoms with Gasteiger partial charge in [0.1, 0.15) is 5.75 Å². The third-order valence-corrected chi connectivity index (χ3v) is 4.43. The SMILES string of the molecule is COc1ccc2c(c1)CN(CC(=O)NC(N)=O)[C@@H](c1ccccc1)C2. The van der Waals surface area contributed by atoms with Gasteiger partial charge in [0.25, 0.3) is 0 Å². The number of nitrogens with two attached hydrogens (primary N) is 1. The fourth-order valence-electron chi connectivity index (χ4n) is 3.27. The zero-order chi connectivity index (χ0) is 17.8. The minimum absolute atomic E-state index is 0.0562. The third-order valence-electron chi connectivity index (χ3n) is 4.43. The summed E-state index contributed by atoms with van der Waals surface area (Å²) < 4.78 is 5.30. The second kappa shape index (κ2) is 7.36. The van der Waals surface area contributed by atoms with Crippen molar-refractivity contribution in [2.45, 2.75) is 19.0 Å². The highest BCUT2D eigenvalue weighted by Crippen LogP contribution is 2.34. The van der Waals surface area contributed by atoms with E-state index < -0.39 is 11.9 Å². The molecule has 3 N–H and O–H groups in total. The maximum Gasteiger partial charge on any atom is 0.318 e. The second-order valence-electron chi connectivity index (χ2n) is 6.08. The van der Waals surface area contributed by atoms with Crippen LogP contribution in [0.5, 0.6) is 5.75 Å². The van der Waals surface area contributed by atoms with Gasteiger partial charge in [0.2, 0.25) is 5.91 Å². The average molecular weight is 339 g/mol. The van der Waals surface area contributed by atoms with Crippen LogP contribution in [0.4, 0.5) is 4.79 Å². The standard InChI is InChI=1S/C19H21N3O3/c1-25-16-8-7-14-10-17(13-5-3-2-4-6-13)22(11-15(14)9-16)12-18(23)21-19(20)24/h2-9,17H,10-12H2,1H3,(H3,20,21,23,24)/t17-/m1/s1. The van der Waals surface area contributed by atoms with Gasteiger partial charge in [-0.2, -0.15) is 0 Å². The van der Waals surface area contributed by atoms with Gasteiger partial charge in [-0.15, -0.1) is 0 Å². The summed E-state index contributed by atoms with van der Waals surface area (Å²) >= 11 is 0. The summed E-state index contributed by atoms with van der Waals surface area (Å²) in [6.07, 6.45) is 0.785. The Hall–Kier alpha value is -2.86. The van der Waals surface area contributed by atoms with Crippen LogP contribution in [0.25, 0.3) is 0 Å². The van der Waals surface area contributed by atoms with E-state index >= 15 is 0 Å². The van der Waals surface area contributed by atoms with E-state index in [1.54, 1.807) is 7.11 Å². The van der Waals surface area contributed by atoms with E-state index in [1.807, 2.05) is 30.3 Å². The predicted octanol–water partition coefficient (Wildman–Crippen LogP) is 1.99. The summed E-state index contributed by atoms with van der Waals surface area (Å²) in [7, 11) is 1.63. The first-order valence-corrected chi connectivity index (χ1v) is 8.11. The largest absolute Gasteiger partial charge is 0.497 e. The number of methoxy groups -OCH3 is 1. The fraction of sp³-hybridized carbons (Fsp3) is 0.263. The van der Waals surface area contributed by atoms with Gasteiger partial charge < -0.3 is 10.5 Å². The van der Waals surface area contributed by atoms with Crippen molar-refractivity contribution in [1.82, 2.24) is 10.2 Å². The molecule has 0 bridgehead atoms. The van der Waals surface area contributed by atoms with Gasteiger partial charge >= 0.3 is 6.03 Å². The molecule has 2 aromatic carbocycles. The van der Waals surface area contributed by atoms with Crippen molar-refractivity contribution in [3.05, 3.63) is 65.2 Å². The van der Waals surface area contributed by atoms with Crippen molar-refractivity contribution in [3.8, 4) is 5.75 Å². The molecule has 0 unspecified atom stereocenters. The molecule has 1 atom stereocenters. The Labute approximate surface area is 146 Å². The smallest absolute Gasteiger partial charge is 0.318 e. The highest BCUT2D eigenvalue weighted by Gasteiger charge is 2.29. The molecule has 3 rings (SSSR count). The number of nitrogens with zero attached hydrogens (tertiary/aromatic N) is 1. The highest BCUT2D eigenvalue weighted by atomic mass is 16.5. The first kappa shape index (κ1) is 17.0. The number of fused-ring (bicyclic) bond motifs is 1. The van der Waals surface area contributed by atoms with Gasteiger partial charge in [-0.25, -0.2) is 4.79 Å². The first-order chi connectivity index (χ1) is 12.1. The average Bonchev–Trinajstić information content (AvgIpc) is 2.60. The van der Waals surface area contributed by atoms with Crippen molar-refractivity contribution in [3.63, 3.8) is 0 Å². The lowest BCUT2D eigenvalue weighted by molar-refractivity contribution is -0.122. The number of urea groups is 1. The van der Waals surface area contributed by atoms with Crippen LogP contribution in [0, 0.1) is 0 Å². The molecule has 130 valence electrons. The monoisotopic (exact) mass is 339 g/mol. The number of ether oxygens (including phenoxy) is 1. The number of carbonyl (C=O) groups is 2. The molecule has 0 saturated carbocycles. The minimum Gasteiger partial charge on any atom is -0.497 e. The summed E-state index contributed by atoms with van der Waals surface area (Å²) in [5, 5.41) is 2.14. The third kappa shape index (κ3) is 3.97. The Kier molecular flexibility index (Phi) is 5.00. The molecule has 0 fully saturated rings. The van der Waals surface area contributed by atoms with Crippen LogP contribution < -0.4 is 15.8 Å². The molecule has 0 aliphatic carbocycles. The van der Waals surface area contributed by atoms with E-state index in [0.717, 1.165) is 23.3 Å². The molecule has 25 heavy (non-hydrogen) atoms. The number of hydrogen-bond acceptors (Lipinski definition) is 4. The Morgan fingerprint density at radius 1 is 1.20 bits per heavy atom. The summed E-state index contributed by atoms with van der Waals surface area (Å²) in [5.74, 6) is 0.387. The number of carbonyl (C=O) groups excluding carboxylic acids is 2. The molecule has 0 aromatic heterocycles. The van der Waals surface area contributed by atoms with E-state index in [1.165, 1.54) is 5.56 Å². The molecule has 2 aromatic rings. The predicted molar refractivity (Wildman–Crippen MR) is 94.0 cm³/mol. The lowest BCUT2D eigenvalue weighted by Gasteiger charge is -2.37. The molecule has 0 spiro atoms. The zero-order valence-corrected chi connectivity index (χ0v) is 14.1. The van der Waals surface area contributed by atoms with Crippen molar-refractivity contribution < 1.29 is 14.3 Å². The molecule has 1 heterocycles. The Balaban J connectivity index is 1.90. The molecule has 3 amide bonds. The van der Waals surface area contributed by atoms with Crippen molar-refractivity contribution in [2.24, 2.45) is 5.73 Å². The number of imide groups is 1. The topological polar surface area (TPSA) is 84.7 Å². The number of hydrogen-bond donors (Lipinski definition) is 2. The molecule has 6 heteroatoms. The first-order valence-electron chi connectivity index (χ1n) is 8.11. The summed E-state index contributed by atoms with van der Waals surface area (Å²) in [5.41, 5.74) is 8.55. The molecule has 1 aliphatic rings. The zero-order valence-electron chi connectivity index (χ0n) is 14.1. The highest BCUT2D eigenvalue weighted by molar-refractivity contribution is 5.94. The van der Waals surface area contributed by atoms with Crippen LogP contribution in [-0.2, 0) is 17.8 Å². The number of benzene rings is 2. The lowest BCUT2D eigenvalue weighted by atomic mass is 9.89. The number of primary amides is 1. The quantitative estimate of drug-likeness (QED) is 0.892. The molecule has 0 radical (unpaired) electrons. The van der Waals surface area contributed by atoms with Crippen molar-refractivity contribution in [1.29, 1.82) is 0 Å². The van der Waals surface area contributed by atoms with Gasteiger partial charge in [-0.1, -0.05) is 36.4 Å². The van der Waals surface area contributed by atoms with Gasteiger partial charge in [0.15, 0.2) is 0 Å². The normalized spacial score (nSPS) is 16.8. The van der Waals surface area contributed by atoms with Crippen LogP contribution in [0.2, 0.25) is 0 Å². The summed E-state index contributed by atoms with van der Waals surface area (Å²) in [6.45, 7) is 0.692. The number of rotatable bonds is 4. The summed E-state index contributed by atoms with van der Waals surface area (Å²) in [6, 6.07) is 15.3. The number of amides is 3. The van der Waals surface area contributed by atoms with Gasteiger partial charge in [-0.05, 0) is 35.2 Å². The number of nitrogens with one attached hydrogen (secondary N) is 1. The summed E-state index contributed by atoms with van der Waals surface area (Å²) in [4.78, 5) is 25.0. The van der Waals surface area contributed by atoms with Crippen LogP contribution in [-0.4, -0.2) is 30.5 Å². The van der Waals surface area contributed by atoms with Crippen LogP contribution in [0.15, 0.2) is 48.5 Å². The molecular weight excluding hydrogens is 318 g/mol. The van der Waals surface area contributed by atoms with E-state index in [-0.39, 0.29) is 12.6 Å². The minimum atomic E-state index is -0.833. The molecule has 1 aliphatic heterocycles. The Bertz CT molecular complexity index is 777. The van der Waals surface area contributed by atoms with Gasteiger partial charge in [-0.3, -0.25) is 15.0 Å². The molecule has 0 saturated heterocycles. The Morgan fingerprint density at radius 2 is 1.96 bits per heavy atom. The van der Waals surface area contributed by atoms with Crippen LogP contribution in [0.3, 0.4) is 0 Å². The maximum absolute atomic E-state index is 12.1. The van der Waals surface area contributed by atoms with E-state index in [4.69, 9.17) is 10.5 Å². The maximum atomic E-state index is 12.1. The van der Waals surface area contributed by atoms with Crippen molar-refractivity contribution in [2.75, 3.05) is 13.7 Å². The molecular formula is C19H21N3O3. The van der Waals surface area contributed by atoms with Gasteiger partial charge in [0, 0.05) is 12.6 Å². The lowest BCUT2D eigenvalue weighted by Crippen LogP contribution is -2.44. The second-order valence-corrected chi connectivity index (χ2v) is 6.08. The van der Waals surface area contributed by atoms with Crippen molar-refractivity contribution >= 4 is 11.9 Å².